The molecule has 0 amide bonds. The van der Waals surface area contributed by atoms with Crippen molar-refractivity contribution in [1.82, 2.24) is 0 Å². The van der Waals surface area contributed by atoms with Gasteiger partial charge in [-0.15, -0.1) is 0 Å². The van der Waals surface area contributed by atoms with Gasteiger partial charge >= 0.3 is 0 Å². The Kier molecular flexibility index (Phi) is 4.33. The monoisotopic (exact) mass is 191 g/mol. The molecule has 75 valence electrons. The van der Waals surface area contributed by atoms with Crippen molar-refractivity contribution in [2.24, 2.45) is 0 Å². The number of ketones is 1. The molecule has 0 atom stereocenters. The lowest BCUT2D eigenvalue weighted by molar-refractivity contribution is 0.0979. The van der Waals surface area contributed by atoms with Crippen molar-refractivity contribution in [1.29, 1.82) is 0 Å². The lowest BCUT2D eigenvalue weighted by atomic mass is 10.0. The van der Waals surface area contributed by atoms with Crippen LogP contribution in [0.3, 0.4) is 0 Å². The van der Waals surface area contributed by atoms with E-state index in [1.54, 1.807) is 24.3 Å². The lowest BCUT2D eigenvalue weighted by Crippen LogP contribution is -1.99. The van der Waals surface area contributed by atoms with Gasteiger partial charge in [-0.2, -0.15) is 0 Å². The van der Waals surface area contributed by atoms with Gasteiger partial charge in [0.05, 0.1) is 0 Å². The fraction of sp³-hybridized carbons (Fsp3) is 0.417. The zero-order chi connectivity index (χ0) is 10.4. The van der Waals surface area contributed by atoms with Crippen LogP contribution < -0.4 is 0 Å². The fourth-order valence-corrected chi connectivity index (χ4v) is 1.32. The molecule has 1 radical (unpaired) electrons. The maximum atomic E-state index is 11.6. The third-order valence-corrected chi connectivity index (χ3v) is 2.17. The highest BCUT2D eigenvalue weighted by Crippen LogP contribution is 2.09. The predicted octanol–water partition coefficient (Wildman–Crippen LogP) is 2.99. The number of unbranched alkanes of at least 4 members (excludes halogenated alkanes) is 1. The van der Waals surface area contributed by atoms with Crippen LogP contribution >= 0.6 is 0 Å². The van der Waals surface area contributed by atoms with E-state index in [1.807, 2.05) is 0 Å². The molecule has 2 heteroatoms. The molecule has 0 N–H and O–H groups in total. The number of hydrogen-bond acceptors (Lipinski definition) is 1. The normalized spacial score (nSPS) is 10.1. The Labute approximate surface area is 84.6 Å². The smallest absolute Gasteiger partial charge is 0.162 e. The third kappa shape index (κ3) is 2.96. The zero-order valence-corrected chi connectivity index (χ0v) is 8.45. The van der Waals surface area contributed by atoms with Gasteiger partial charge in [0.15, 0.2) is 5.78 Å². The standard InChI is InChI=1S/C12H15O2/c1-2-3-7-12(14)11-6-4-5-10(8-11)9-13/h4-6,8H,2-3,7,9H2,1H3. The SMILES string of the molecule is CCCCC(=O)c1cccc(C[O])c1. The van der Waals surface area contributed by atoms with Crippen LogP contribution in [0.15, 0.2) is 24.3 Å². The van der Waals surface area contributed by atoms with Gasteiger partial charge in [-0.05, 0) is 18.1 Å². The van der Waals surface area contributed by atoms with Crippen LogP contribution in [0.4, 0.5) is 0 Å². The molecule has 0 aromatic heterocycles. The van der Waals surface area contributed by atoms with Crippen molar-refractivity contribution in [3.05, 3.63) is 35.4 Å². The lowest BCUT2D eigenvalue weighted by Gasteiger charge is -2.01. The molecule has 0 heterocycles. The van der Waals surface area contributed by atoms with Gasteiger partial charge in [-0.1, -0.05) is 31.5 Å². The molecule has 0 saturated carbocycles. The molecule has 0 aliphatic rings. The topological polar surface area (TPSA) is 37.0 Å². The van der Waals surface area contributed by atoms with Gasteiger partial charge in [0.1, 0.15) is 6.61 Å². The van der Waals surface area contributed by atoms with E-state index in [4.69, 9.17) is 0 Å². The molecule has 0 aliphatic heterocycles. The summed E-state index contributed by atoms with van der Waals surface area (Å²) in [5, 5.41) is 10.6. The molecule has 0 fully saturated rings. The van der Waals surface area contributed by atoms with Crippen LogP contribution in [0.5, 0.6) is 0 Å². The number of hydrogen-bond donors (Lipinski definition) is 0. The molecule has 0 bridgehead atoms. The average Bonchev–Trinajstić information content (AvgIpc) is 2.26. The molecular formula is C12H15O2. The number of benzene rings is 1. The first-order chi connectivity index (χ1) is 6.77. The maximum absolute atomic E-state index is 11.6. The van der Waals surface area contributed by atoms with Crippen molar-refractivity contribution in [3.63, 3.8) is 0 Å². The summed E-state index contributed by atoms with van der Waals surface area (Å²) in [5.74, 6) is 0.141. The minimum absolute atomic E-state index is 0.141. The van der Waals surface area contributed by atoms with Crippen molar-refractivity contribution in [2.45, 2.75) is 32.8 Å². The molecule has 2 nitrogen and oxygen atoms in total. The minimum Gasteiger partial charge on any atom is -0.294 e. The van der Waals surface area contributed by atoms with E-state index in [0.29, 0.717) is 17.5 Å². The molecule has 0 unspecified atom stereocenters. The van der Waals surface area contributed by atoms with E-state index >= 15 is 0 Å². The van der Waals surface area contributed by atoms with E-state index in [9.17, 15) is 9.90 Å². The van der Waals surface area contributed by atoms with Gasteiger partial charge in [0, 0.05) is 12.0 Å². The summed E-state index contributed by atoms with van der Waals surface area (Å²) < 4.78 is 0. The first kappa shape index (κ1) is 10.9. The van der Waals surface area contributed by atoms with Crippen molar-refractivity contribution in [2.75, 3.05) is 0 Å². The molecule has 1 rings (SSSR count). The first-order valence-corrected chi connectivity index (χ1v) is 4.98. The molecule has 0 aliphatic carbocycles. The Morgan fingerprint density at radius 2 is 2.14 bits per heavy atom. The molecule has 0 saturated heterocycles. The zero-order valence-electron chi connectivity index (χ0n) is 8.45. The van der Waals surface area contributed by atoms with E-state index in [1.165, 1.54) is 0 Å². The van der Waals surface area contributed by atoms with Crippen molar-refractivity contribution >= 4 is 5.78 Å². The van der Waals surface area contributed by atoms with Crippen LogP contribution in [0.25, 0.3) is 0 Å². The summed E-state index contributed by atoms with van der Waals surface area (Å²) in [5.41, 5.74) is 1.36. The Morgan fingerprint density at radius 1 is 1.36 bits per heavy atom. The van der Waals surface area contributed by atoms with Gasteiger partial charge in [0.25, 0.3) is 0 Å². The highest BCUT2D eigenvalue weighted by molar-refractivity contribution is 5.96. The van der Waals surface area contributed by atoms with E-state index in [0.717, 1.165) is 12.8 Å². The largest absolute Gasteiger partial charge is 0.294 e. The Balaban J connectivity index is 2.69. The Morgan fingerprint density at radius 3 is 2.79 bits per heavy atom. The summed E-state index contributed by atoms with van der Waals surface area (Å²) in [4.78, 5) is 11.6. The van der Waals surface area contributed by atoms with Crippen LogP contribution in [-0.2, 0) is 11.7 Å². The van der Waals surface area contributed by atoms with Gasteiger partial charge in [-0.3, -0.25) is 4.79 Å². The van der Waals surface area contributed by atoms with Gasteiger partial charge < -0.3 is 0 Å². The number of carbonyl (C=O) groups excluding carboxylic acids is 1. The van der Waals surface area contributed by atoms with E-state index < -0.39 is 0 Å². The fourth-order valence-electron chi connectivity index (χ4n) is 1.32. The van der Waals surface area contributed by atoms with E-state index in [-0.39, 0.29) is 12.4 Å². The summed E-state index contributed by atoms with van der Waals surface area (Å²) in [6.45, 7) is 1.80. The first-order valence-electron chi connectivity index (χ1n) is 4.98. The molecule has 14 heavy (non-hydrogen) atoms. The van der Waals surface area contributed by atoms with Crippen molar-refractivity contribution < 1.29 is 9.90 Å². The predicted molar refractivity (Wildman–Crippen MR) is 54.7 cm³/mol. The number of rotatable bonds is 5. The minimum atomic E-state index is -0.255. The van der Waals surface area contributed by atoms with Crippen LogP contribution in [-0.4, -0.2) is 5.78 Å². The molecule has 1 aromatic rings. The van der Waals surface area contributed by atoms with Gasteiger partial charge in [0.2, 0.25) is 0 Å². The van der Waals surface area contributed by atoms with Crippen LogP contribution in [0, 0.1) is 0 Å². The Hall–Kier alpha value is -1.15. The second-order valence-corrected chi connectivity index (χ2v) is 3.37. The molecular weight excluding hydrogens is 176 g/mol. The summed E-state index contributed by atoms with van der Waals surface area (Å²) in [6, 6.07) is 7.00. The second kappa shape index (κ2) is 5.55. The quantitative estimate of drug-likeness (QED) is 0.659. The van der Waals surface area contributed by atoms with Gasteiger partial charge in [-0.25, -0.2) is 5.11 Å². The second-order valence-electron chi connectivity index (χ2n) is 3.37. The highest BCUT2D eigenvalue weighted by Gasteiger charge is 2.05. The third-order valence-electron chi connectivity index (χ3n) is 2.17. The maximum Gasteiger partial charge on any atom is 0.162 e. The number of carbonyl (C=O) groups is 1. The molecule has 0 spiro atoms. The summed E-state index contributed by atoms with van der Waals surface area (Å²) >= 11 is 0. The highest BCUT2D eigenvalue weighted by atomic mass is 16.3. The van der Waals surface area contributed by atoms with Crippen LogP contribution in [0.1, 0.15) is 42.1 Å². The van der Waals surface area contributed by atoms with E-state index in [2.05, 4.69) is 6.92 Å². The summed E-state index contributed by atoms with van der Waals surface area (Å²) in [6.07, 6.45) is 2.52. The average molecular weight is 191 g/mol. The summed E-state index contributed by atoms with van der Waals surface area (Å²) in [7, 11) is 0. The Bertz CT molecular complexity index is 305. The van der Waals surface area contributed by atoms with Crippen molar-refractivity contribution in [3.8, 4) is 0 Å². The molecule has 1 aromatic carbocycles. The van der Waals surface area contributed by atoms with Crippen LogP contribution in [0.2, 0.25) is 0 Å². The number of Topliss-reactive ketones (excluding diaryl/α,β-unsaturated/α-hetero) is 1.